The Morgan fingerprint density at radius 1 is 1.50 bits per heavy atom. The van der Waals surface area contributed by atoms with E-state index in [0.717, 1.165) is 11.1 Å². The molecule has 0 bridgehead atoms. The van der Waals surface area contributed by atoms with Crippen LogP contribution in [0.2, 0.25) is 0 Å². The summed E-state index contributed by atoms with van der Waals surface area (Å²) in [7, 11) is 0. The first-order chi connectivity index (χ1) is 4.86. The minimum Gasteiger partial charge on any atom is -0.326 e. The van der Waals surface area contributed by atoms with Gasteiger partial charge < -0.3 is 5.73 Å². The molecule has 0 atom stereocenters. The summed E-state index contributed by atoms with van der Waals surface area (Å²) in [5.74, 6) is 2.55. The number of rotatable bonds is 1. The number of nitrogens with two attached hydrogens (primary N) is 1. The van der Waals surface area contributed by atoms with Crippen LogP contribution in [0.3, 0.4) is 0 Å². The smallest absolute Gasteiger partial charge is 0.0245 e. The van der Waals surface area contributed by atoms with E-state index in [9.17, 15) is 0 Å². The number of hydrogen-bond donors (Lipinski definition) is 1. The zero-order valence-electron chi connectivity index (χ0n) is 5.67. The van der Waals surface area contributed by atoms with Crippen LogP contribution in [-0.2, 0) is 6.54 Å². The molecule has 0 fully saturated rings. The average molecular weight is 131 g/mol. The second-order valence-corrected chi connectivity index (χ2v) is 2.05. The van der Waals surface area contributed by atoms with Crippen LogP contribution in [0.1, 0.15) is 11.1 Å². The van der Waals surface area contributed by atoms with Gasteiger partial charge in [0.15, 0.2) is 0 Å². The molecule has 1 aromatic rings. The number of benzene rings is 1. The summed E-state index contributed by atoms with van der Waals surface area (Å²) in [6.45, 7) is 0.551. The van der Waals surface area contributed by atoms with Gasteiger partial charge in [0, 0.05) is 12.1 Å². The standard InChI is InChI=1S/C9H9N/c1-2-8-4-3-5-9(6-8)7-10/h1,3-6H,7,10H2. The van der Waals surface area contributed by atoms with Gasteiger partial charge in [0.2, 0.25) is 0 Å². The van der Waals surface area contributed by atoms with Crippen molar-refractivity contribution in [3.63, 3.8) is 0 Å². The summed E-state index contributed by atoms with van der Waals surface area (Å²) >= 11 is 0. The van der Waals surface area contributed by atoms with Crippen molar-refractivity contribution in [1.29, 1.82) is 0 Å². The third kappa shape index (κ3) is 1.37. The lowest BCUT2D eigenvalue weighted by atomic mass is 10.1. The molecule has 1 nitrogen and oxygen atoms in total. The number of hydrogen-bond acceptors (Lipinski definition) is 1. The highest BCUT2D eigenvalue weighted by atomic mass is 14.5. The molecule has 2 N–H and O–H groups in total. The summed E-state index contributed by atoms with van der Waals surface area (Å²) in [5, 5.41) is 0. The fraction of sp³-hybridized carbons (Fsp3) is 0.111. The van der Waals surface area contributed by atoms with Crippen LogP contribution in [0.25, 0.3) is 0 Å². The van der Waals surface area contributed by atoms with Crippen molar-refractivity contribution in [2.24, 2.45) is 5.73 Å². The third-order valence-corrected chi connectivity index (χ3v) is 1.33. The average Bonchev–Trinajstić information content (AvgIpc) is 2.05. The molecular formula is C9H9N. The Bertz CT molecular complexity index is 258. The Balaban J connectivity index is 3.01. The summed E-state index contributed by atoms with van der Waals surface area (Å²) in [4.78, 5) is 0. The van der Waals surface area contributed by atoms with E-state index in [-0.39, 0.29) is 0 Å². The molecule has 0 heterocycles. The van der Waals surface area contributed by atoms with Crippen LogP contribution in [0.4, 0.5) is 0 Å². The lowest BCUT2D eigenvalue weighted by Gasteiger charge is -1.94. The largest absolute Gasteiger partial charge is 0.326 e. The molecule has 0 spiro atoms. The lowest BCUT2D eigenvalue weighted by molar-refractivity contribution is 1.07. The van der Waals surface area contributed by atoms with E-state index in [1.54, 1.807) is 0 Å². The second-order valence-electron chi connectivity index (χ2n) is 2.05. The summed E-state index contributed by atoms with van der Waals surface area (Å²) in [5.41, 5.74) is 7.38. The maximum atomic E-state index is 5.40. The minimum absolute atomic E-state index is 0.551. The monoisotopic (exact) mass is 131 g/mol. The van der Waals surface area contributed by atoms with E-state index in [0.29, 0.717) is 6.54 Å². The molecule has 0 amide bonds. The zero-order valence-corrected chi connectivity index (χ0v) is 5.67. The van der Waals surface area contributed by atoms with Crippen molar-refractivity contribution in [1.82, 2.24) is 0 Å². The van der Waals surface area contributed by atoms with Crippen molar-refractivity contribution < 1.29 is 0 Å². The van der Waals surface area contributed by atoms with Gasteiger partial charge in [-0.15, -0.1) is 6.42 Å². The van der Waals surface area contributed by atoms with Gasteiger partial charge in [0.25, 0.3) is 0 Å². The van der Waals surface area contributed by atoms with Gasteiger partial charge in [-0.05, 0) is 17.7 Å². The maximum Gasteiger partial charge on any atom is 0.0245 e. The summed E-state index contributed by atoms with van der Waals surface area (Å²) in [6.07, 6.45) is 5.18. The van der Waals surface area contributed by atoms with E-state index in [2.05, 4.69) is 5.92 Å². The van der Waals surface area contributed by atoms with Gasteiger partial charge in [-0.1, -0.05) is 18.1 Å². The van der Waals surface area contributed by atoms with Crippen LogP contribution in [0.5, 0.6) is 0 Å². The minimum atomic E-state index is 0.551. The van der Waals surface area contributed by atoms with E-state index >= 15 is 0 Å². The molecule has 0 aliphatic heterocycles. The van der Waals surface area contributed by atoms with E-state index < -0.39 is 0 Å². The molecule has 0 aliphatic carbocycles. The fourth-order valence-corrected chi connectivity index (χ4v) is 0.788. The molecule has 0 saturated heterocycles. The molecule has 0 aromatic heterocycles. The van der Waals surface area contributed by atoms with Crippen LogP contribution >= 0.6 is 0 Å². The fourth-order valence-electron chi connectivity index (χ4n) is 0.788. The first-order valence-electron chi connectivity index (χ1n) is 3.12. The quantitative estimate of drug-likeness (QED) is 0.568. The molecule has 0 radical (unpaired) electrons. The highest BCUT2D eigenvalue weighted by Crippen LogP contribution is 2.01. The predicted molar refractivity (Wildman–Crippen MR) is 42.3 cm³/mol. The van der Waals surface area contributed by atoms with Crippen LogP contribution in [-0.4, -0.2) is 0 Å². The Morgan fingerprint density at radius 2 is 2.30 bits per heavy atom. The molecule has 0 unspecified atom stereocenters. The first-order valence-corrected chi connectivity index (χ1v) is 3.12. The van der Waals surface area contributed by atoms with Gasteiger partial charge in [-0.3, -0.25) is 0 Å². The SMILES string of the molecule is C#Cc1cccc(CN)c1. The van der Waals surface area contributed by atoms with Crippen molar-refractivity contribution in [2.75, 3.05) is 0 Å². The van der Waals surface area contributed by atoms with Gasteiger partial charge >= 0.3 is 0 Å². The topological polar surface area (TPSA) is 26.0 Å². The summed E-state index contributed by atoms with van der Waals surface area (Å²) in [6, 6.07) is 7.68. The summed E-state index contributed by atoms with van der Waals surface area (Å²) < 4.78 is 0. The van der Waals surface area contributed by atoms with Crippen molar-refractivity contribution in [3.8, 4) is 12.3 Å². The van der Waals surface area contributed by atoms with Crippen molar-refractivity contribution in [2.45, 2.75) is 6.54 Å². The zero-order chi connectivity index (χ0) is 7.40. The highest BCUT2D eigenvalue weighted by molar-refractivity contribution is 5.35. The Kier molecular flexibility index (Phi) is 2.09. The van der Waals surface area contributed by atoms with Crippen LogP contribution in [0, 0.1) is 12.3 Å². The Labute approximate surface area is 60.9 Å². The number of terminal acetylenes is 1. The molecule has 1 heteroatoms. The van der Waals surface area contributed by atoms with Crippen molar-refractivity contribution >= 4 is 0 Å². The molecule has 0 saturated carbocycles. The molecule has 0 aliphatic rings. The molecule has 1 aromatic carbocycles. The Hall–Kier alpha value is -1.26. The molecule has 50 valence electrons. The van der Waals surface area contributed by atoms with Gasteiger partial charge in [-0.25, -0.2) is 0 Å². The third-order valence-electron chi connectivity index (χ3n) is 1.33. The molecular weight excluding hydrogens is 122 g/mol. The predicted octanol–water partition coefficient (Wildman–Crippen LogP) is 1.13. The Morgan fingerprint density at radius 3 is 2.90 bits per heavy atom. The second kappa shape index (κ2) is 3.05. The van der Waals surface area contributed by atoms with Crippen molar-refractivity contribution in [3.05, 3.63) is 35.4 Å². The van der Waals surface area contributed by atoms with E-state index in [4.69, 9.17) is 12.2 Å². The maximum absolute atomic E-state index is 5.40. The highest BCUT2D eigenvalue weighted by Gasteiger charge is 1.88. The first kappa shape index (κ1) is 6.85. The van der Waals surface area contributed by atoms with Gasteiger partial charge in [-0.2, -0.15) is 0 Å². The van der Waals surface area contributed by atoms with Gasteiger partial charge in [0.1, 0.15) is 0 Å². The molecule has 1 rings (SSSR count). The molecule has 10 heavy (non-hydrogen) atoms. The van der Waals surface area contributed by atoms with Crippen LogP contribution < -0.4 is 5.73 Å². The van der Waals surface area contributed by atoms with E-state index in [1.165, 1.54) is 0 Å². The lowest BCUT2D eigenvalue weighted by Crippen LogP contribution is -1.95. The van der Waals surface area contributed by atoms with Crippen LogP contribution in [0.15, 0.2) is 24.3 Å². The normalized spacial score (nSPS) is 8.80. The van der Waals surface area contributed by atoms with E-state index in [1.807, 2.05) is 24.3 Å². The van der Waals surface area contributed by atoms with Gasteiger partial charge in [0.05, 0.1) is 0 Å².